The number of hydrogen-bond donors (Lipinski definition) is 7. The molecule has 0 saturated carbocycles. The maximum atomic E-state index is 10.5. The lowest BCUT2D eigenvalue weighted by Gasteiger charge is -2.45. The Morgan fingerprint density at radius 1 is 0.690 bits per heavy atom. The van der Waals surface area contributed by atoms with Crippen LogP contribution in [0.2, 0.25) is 0 Å². The molecule has 0 amide bonds. The highest BCUT2D eigenvalue weighted by Crippen LogP contribution is 2.29. The Hall–Kier alpha value is -0.440. The summed E-state index contributed by atoms with van der Waals surface area (Å²) in [6, 6.07) is 0. The van der Waals surface area contributed by atoms with Crippen LogP contribution >= 0.6 is 0 Å². The second-order valence-electron chi connectivity index (χ2n) is 7.44. The molecule has 0 aliphatic carbocycles. The highest BCUT2D eigenvalue weighted by Gasteiger charge is 2.50. The Bertz CT molecular complexity index is 463. The van der Waals surface area contributed by atoms with E-state index in [1.54, 1.807) is 0 Å². The van der Waals surface area contributed by atoms with Gasteiger partial charge in [0.05, 0.1) is 13.2 Å². The summed E-state index contributed by atoms with van der Waals surface area (Å²) in [4.78, 5) is 0. The van der Waals surface area contributed by atoms with E-state index in [9.17, 15) is 35.7 Å². The van der Waals surface area contributed by atoms with Crippen LogP contribution in [0, 0.1) is 0 Å². The summed E-state index contributed by atoms with van der Waals surface area (Å²) in [7, 11) is 0. The first kappa shape index (κ1) is 24.8. The van der Waals surface area contributed by atoms with Crippen molar-refractivity contribution in [3.05, 3.63) is 0 Å². The second kappa shape index (κ2) is 11.8. The van der Waals surface area contributed by atoms with Gasteiger partial charge in [-0.1, -0.05) is 26.2 Å². The lowest BCUT2D eigenvalue weighted by Crippen LogP contribution is -2.64. The van der Waals surface area contributed by atoms with Crippen molar-refractivity contribution >= 4 is 0 Å². The Labute approximate surface area is 169 Å². The van der Waals surface area contributed by atoms with Crippen molar-refractivity contribution in [1.29, 1.82) is 0 Å². The van der Waals surface area contributed by atoms with E-state index >= 15 is 0 Å². The second-order valence-corrected chi connectivity index (χ2v) is 7.44. The lowest BCUT2D eigenvalue weighted by atomic mass is 9.97. The Balaban J connectivity index is 1.98. The molecule has 0 spiro atoms. The van der Waals surface area contributed by atoms with E-state index in [1.807, 2.05) is 0 Å². The molecule has 172 valence electrons. The highest BCUT2D eigenvalue weighted by molar-refractivity contribution is 4.94. The number of rotatable bonds is 10. The Morgan fingerprint density at radius 3 is 1.93 bits per heavy atom. The first-order valence-electron chi connectivity index (χ1n) is 10.1. The van der Waals surface area contributed by atoms with Gasteiger partial charge in [-0.25, -0.2) is 0 Å². The predicted molar refractivity (Wildman–Crippen MR) is 96.5 cm³/mol. The number of aliphatic hydroxyl groups excluding tert-OH is 7. The molecule has 0 bridgehead atoms. The fourth-order valence-electron chi connectivity index (χ4n) is 3.42. The molecule has 2 aliphatic heterocycles. The van der Waals surface area contributed by atoms with Crippen LogP contribution in [-0.2, 0) is 18.9 Å². The molecule has 2 fully saturated rings. The van der Waals surface area contributed by atoms with Gasteiger partial charge in [0.15, 0.2) is 12.6 Å². The van der Waals surface area contributed by atoms with E-state index in [0.29, 0.717) is 6.61 Å². The Kier molecular flexibility index (Phi) is 10.1. The van der Waals surface area contributed by atoms with Gasteiger partial charge in [0.2, 0.25) is 0 Å². The van der Waals surface area contributed by atoms with Gasteiger partial charge in [0.1, 0.15) is 48.8 Å². The van der Waals surface area contributed by atoms with Crippen molar-refractivity contribution in [3.63, 3.8) is 0 Å². The summed E-state index contributed by atoms with van der Waals surface area (Å²) < 4.78 is 21.7. The summed E-state index contributed by atoms with van der Waals surface area (Å²) >= 11 is 0. The quantitative estimate of drug-likeness (QED) is 0.180. The molecule has 11 nitrogen and oxygen atoms in total. The van der Waals surface area contributed by atoms with Gasteiger partial charge >= 0.3 is 0 Å². The summed E-state index contributed by atoms with van der Waals surface area (Å²) in [5, 5.41) is 69.4. The molecule has 2 rings (SSSR count). The normalized spacial score (nSPS) is 43.4. The smallest absolute Gasteiger partial charge is 0.187 e. The number of ether oxygens (including phenoxy) is 4. The van der Waals surface area contributed by atoms with E-state index < -0.39 is 74.6 Å². The molecule has 7 N–H and O–H groups in total. The molecule has 0 aromatic heterocycles. The summed E-state index contributed by atoms with van der Waals surface area (Å²) in [5.74, 6) is 0. The van der Waals surface area contributed by atoms with E-state index in [4.69, 9.17) is 18.9 Å². The van der Waals surface area contributed by atoms with Gasteiger partial charge in [-0.15, -0.1) is 0 Å². The third-order valence-corrected chi connectivity index (χ3v) is 5.24. The van der Waals surface area contributed by atoms with Crippen LogP contribution in [0.25, 0.3) is 0 Å². The Morgan fingerprint density at radius 2 is 1.31 bits per heavy atom. The van der Waals surface area contributed by atoms with Gasteiger partial charge in [-0.05, 0) is 6.42 Å². The molecule has 4 unspecified atom stereocenters. The molecule has 2 heterocycles. The standard InChI is InChI=1S/C18H34O11/c1-2-3-4-5-6-26-17-15(25)13(23)16(10(8-20)28-17)29-18-14(24)12(22)11(21)9(7-19)27-18/h9-25H,2-8H2,1H3/t9?,10?,11-,12+,13-,14?,15?,16-,17-,18-/m1/s1. The zero-order valence-corrected chi connectivity index (χ0v) is 16.5. The minimum absolute atomic E-state index is 0.310. The van der Waals surface area contributed by atoms with Crippen molar-refractivity contribution in [2.24, 2.45) is 0 Å². The molecular formula is C18H34O11. The van der Waals surface area contributed by atoms with Crippen LogP contribution in [0.5, 0.6) is 0 Å². The predicted octanol–water partition coefficient (Wildman–Crippen LogP) is -2.79. The molecule has 0 aromatic carbocycles. The number of hydrogen-bond acceptors (Lipinski definition) is 11. The van der Waals surface area contributed by atoms with Gasteiger partial charge in [-0.2, -0.15) is 0 Å². The maximum Gasteiger partial charge on any atom is 0.187 e. The fraction of sp³-hybridized carbons (Fsp3) is 1.00. The summed E-state index contributed by atoms with van der Waals surface area (Å²) in [5.41, 5.74) is 0. The van der Waals surface area contributed by atoms with Crippen molar-refractivity contribution in [1.82, 2.24) is 0 Å². The van der Waals surface area contributed by atoms with E-state index in [-0.39, 0.29) is 0 Å². The zero-order chi connectivity index (χ0) is 21.6. The third kappa shape index (κ3) is 6.05. The van der Waals surface area contributed by atoms with E-state index in [0.717, 1.165) is 25.7 Å². The largest absolute Gasteiger partial charge is 0.394 e. The van der Waals surface area contributed by atoms with Gasteiger partial charge in [-0.3, -0.25) is 0 Å². The third-order valence-electron chi connectivity index (χ3n) is 5.24. The molecule has 0 aromatic rings. The molecule has 29 heavy (non-hydrogen) atoms. The molecule has 2 aliphatic rings. The summed E-state index contributed by atoms with van der Waals surface area (Å²) in [6.07, 6.45) is -10.5. The van der Waals surface area contributed by atoms with E-state index in [2.05, 4.69) is 6.92 Å². The molecule has 2 saturated heterocycles. The average Bonchev–Trinajstić information content (AvgIpc) is 2.72. The van der Waals surface area contributed by atoms with E-state index in [1.165, 1.54) is 0 Å². The molecule has 10 atom stereocenters. The maximum absolute atomic E-state index is 10.5. The van der Waals surface area contributed by atoms with Gasteiger partial charge in [0.25, 0.3) is 0 Å². The zero-order valence-electron chi connectivity index (χ0n) is 16.5. The van der Waals surface area contributed by atoms with Crippen LogP contribution in [0.1, 0.15) is 32.6 Å². The molecule has 11 heteroatoms. The van der Waals surface area contributed by atoms with Crippen molar-refractivity contribution in [2.45, 2.75) is 94.0 Å². The van der Waals surface area contributed by atoms with Crippen LogP contribution in [-0.4, -0.2) is 117 Å². The topological polar surface area (TPSA) is 179 Å². The van der Waals surface area contributed by atoms with Gasteiger partial charge in [0, 0.05) is 6.61 Å². The van der Waals surface area contributed by atoms with Crippen molar-refractivity contribution < 1.29 is 54.7 Å². The monoisotopic (exact) mass is 426 g/mol. The van der Waals surface area contributed by atoms with Crippen LogP contribution < -0.4 is 0 Å². The molecular weight excluding hydrogens is 392 g/mol. The minimum Gasteiger partial charge on any atom is -0.394 e. The fourth-order valence-corrected chi connectivity index (χ4v) is 3.42. The van der Waals surface area contributed by atoms with Crippen LogP contribution in [0.4, 0.5) is 0 Å². The first-order valence-corrected chi connectivity index (χ1v) is 10.1. The van der Waals surface area contributed by atoms with Crippen LogP contribution in [0.15, 0.2) is 0 Å². The van der Waals surface area contributed by atoms with Crippen molar-refractivity contribution in [2.75, 3.05) is 19.8 Å². The lowest BCUT2D eigenvalue weighted by molar-refractivity contribution is -0.359. The summed E-state index contributed by atoms with van der Waals surface area (Å²) in [6.45, 7) is 1.16. The number of aliphatic hydroxyl groups is 7. The number of unbranched alkanes of at least 4 members (excludes halogenated alkanes) is 3. The van der Waals surface area contributed by atoms with Crippen LogP contribution in [0.3, 0.4) is 0 Å². The minimum atomic E-state index is -1.69. The first-order chi connectivity index (χ1) is 13.8. The SMILES string of the molecule is CCCCCCO[C@@H]1OC(CO)[C@@H](O[C@H]2OC(CO)[C@@H](O)[C@H](O)C2O)[C@H](O)C1O. The van der Waals surface area contributed by atoms with Crippen molar-refractivity contribution in [3.8, 4) is 0 Å². The average molecular weight is 426 g/mol. The molecule has 0 radical (unpaired) electrons. The highest BCUT2D eigenvalue weighted by atomic mass is 16.7. The van der Waals surface area contributed by atoms with Gasteiger partial charge < -0.3 is 54.7 Å².